The maximum atomic E-state index is 14.1. The van der Waals surface area contributed by atoms with Crippen LogP contribution in [0.4, 0.5) is 4.79 Å². The minimum atomic E-state index is -0.934. The number of benzene rings is 1. The second kappa shape index (κ2) is 14.5. The number of amides is 3. The van der Waals surface area contributed by atoms with Crippen molar-refractivity contribution >= 4 is 17.9 Å². The lowest BCUT2D eigenvalue weighted by Gasteiger charge is -2.36. The van der Waals surface area contributed by atoms with Crippen molar-refractivity contribution in [3.05, 3.63) is 35.4 Å². The van der Waals surface area contributed by atoms with E-state index in [1.807, 2.05) is 39.8 Å². The van der Waals surface area contributed by atoms with Crippen LogP contribution in [0, 0.1) is 18.3 Å². The van der Waals surface area contributed by atoms with Gasteiger partial charge in [-0.05, 0) is 58.1 Å². The monoisotopic (exact) mass is 499 g/mol. The normalized spacial score (nSPS) is 14.5. The molecule has 0 fully saturated rings. The Morgan fingerprint density at radius 3 is 2.22 bits per heavy atom. The van der Waals surface area contributed by atoms with E-state index in [2.05, 4.69) is 23.5 Å². The Kier molecular flexibility index (Phi) is 12.5. The van der Waals surface area contributed by atoms with Crippen LogP contribution in [-0.2, 0) is 14.3 Å². The largest absolute Gasteiger partial charge is 0.444 e. The summed E-state index contributed by atoms with van der Waals surface area (Å²) in [5.41, 5.74) is 0.429. The summed E-state index contributed by atoms with van der Waals surface area (Å²) >= 11 is 0. The van der Waals surface area contributed by atoms with Crippen LogP contribution in [0.3, 0.4) is 0 Å². The van der Waals surface area contributed by atoms with Crippen molar-refractivity contribution in [1.82, 2.24) is 15.5 Å². The van der Waals surface area contributed by atoms with Crippen LogP contribution in [0.1, 0.15) is 98.2 Å². The van der Waals surface area contributed by atoms with Gasteiger partial charge in [-0.25, -0.2) is 4.79 Å². The van der Waals surface area contributed by atoms with Crippen LogP contribution < -0.4 is 10.6 Å². The highest BCUT2D eigenvalue weighted by Gasteiger charge is 2.38. The molecule has 0 aliphatic heterocycles. The third kappa shape index (κ3) is 9.22. The summed E-state index contributed by atoms with van der Waals surface area (Å²) in [6.07, 6.45) is 8.12. The fourth-order valence-corrected chi connectivity index (χ4v) is 4.05. The maximum absolute atomic E-state index is 14.1. The molecule has 200 valence electrons. The molecule has 2 N–H and O–H groups in total. The maximum Gasteiger partial charge on any atom is 0.408 e. The van der Waals surface area contributed by atoms with Crippen molar-refractivity contribution in [3.63, 3.8) is 0 Å². The van der Waals surface area contributed by atoms with Gasteiger partial charge in [-0.2, -0.15) is 0 Å². The zero-order valence-electron chi connectivity index (χ0n) is 23.3. The molecule has 3 amide bonds. The van der Waals surface area contributed by atoms with E-state index in [0.717, 1.165) is 12.8 Å². The molecule has 1 aromatic rings. The van der Waals surface area contributed by atoms with Crippen molar-refractivity contribution in [2.75, 3.05) is 6.54 Å². The van der Waals surface area contributed by atoms with Gasteiger partial charge in [0.2, 0.25) is 11.8 Å². The molecule has 1 aromatic carbocycles. The molecule has 0 aromatic heterocycles. The summed E-state index contributed by atoms with van der Waals surface area (Å²) in [5.74, 6) is 1.84. The standard InChI is InChI=1S/C29H45N3O4/c1-10-16-21(6)30-26(33)25(23-18-15-14-17-22(23)13-4)32(19-11-2)27(34)24(20(5)12-3)31-28(35)36-29(7,8)9/h4,14-15,17-18,20-21,24-25H,10-12,16,19H2,1-3,5-9H3,(H,30,33)(H,31,35). The number of alkyl carbamates (subject to hydrolysis) is 1. The Morgan fingerprint density at radius 2 is 1.69 bits per heavy atom. The van der Waals surface area contributed by atoms with Gasteiger partial charge in [0, 0.05) is 18.2 Å². The van der Waals surface area contributed by atoms with Crippen LogP contribution in [0.25, 0.3) is 0 Å². The van der Waals surface area contributed by atoms with Gasteiger partial charge in [0.05, 0.1) is 0 Å². The van der Waals surface area contributed by atoms with Crippen molar-refractivity contribution in [2.24, 2.45) is 5.92 Å². The summed E-state index contributed by atoms with van der Waals surface area (Å²) < 4.78 is 5.43. The van der Waals surface area contributed by atoms with Gasteiger partial charge in [-0.3, -0.25) is 9.59 Å². The first-order valence-electron chi connectivity index (χ1n) is 13.1. The molecule has 0 radical (unpaired) electrons. The van der Waals surface area contributed by atoms with Gasteiger partial charge in [0.1, 0.15) is 17.7 Å². The smallest absolute Gasteiger partial charge is 0.408 e. The summed E-state index contributed by atoms with van der Waals surface area (Å²) in [5, 5.41) is 5.84. The topological polar surface area (TPSA) is 87.7 Å². The third-order valence-corrected chi connectivity index (χ3v) is 5.98. The van der Waals surface area contributed by atoms with E-state index in [1.54, 1.807) is 37.8 Å². The number of carbonyl (C=O) groups excluding carboxylic acids is 3. The van der Waals surface area contributed by atoms with Crippen LogP contribution >= 0.6 is 0 Å². The number of hydrogen-bond acceptors (Lipinski definition) is 4. The van der Waals surface area contributed by atoms with Crippen LogP contribution in [0.2, 0.25) is 0 Å². The van der Waals surface area contributed by atoms with Crippen LogP contribution in [-0.4, -0.2) is 47.0 Å². The van der Waals surface area contributed by atoms with Crippen molar-refractivity contribution in [3.8, 4) is 12.3 Å². The second-order valence-electron chi connectivity index (χ2n) is 10.4. The number of rotatable bonds is 12. The minimum absolute atomic E-state index is 0.0631. The summed E-state index contributed by atoms with van der Waals surface area (Å²) in [6.45, 7) is 15.4. The number of hydrogen-bond donors (Lipinski definition) is 2. The number of carbonyl (C=O) groups is 3. The predicted octanol–water partition coefficient (Wildman–Crippen LogP) is 5.19. The lowest BCUT2D eigenvalue weighted by Crippen LogP contribution is -2.55. The minimum Gasteiger partial charge on any atom is -0.444 e. The molecule has 0 heterocycles. The fourth-order valence-electron chi connectivity index (χ4n) is 4.05. The van der Waals surface area contributed by atoms with Crippen molar-refractivity contribution in [2.45, 2.75) is 105 Å². The first kappa shape index (κ1) is 31.0. The SMILES string of the molecule is C#Cc1ccccc1C(C(=O)NC(C)CCC)N(CCC)C(=O)C(NC(=O)OC(C)(C)C)C(C)CC. The Bertz CT molecular complexity index is 916. The number of terminal acetylenes is 1. The first-order chi connectivity index (χ1) is 16.9. The number of nitrogens with zero attached hydrogens (tertiary/aromatic N) is 1. The zero-order chi connectivity index (χ0) is 27.5. The third-order valence-electron chi connectivity index (χ3n) is 5.98. The molecule has 4 unspecified atom stereocenters. The Balaban J connectivity index is 3.55. The van der Waals surface area contributed by atoms with E-state index in [1.165, 1.54) is 0 Å². The van der Waals surface area contributed by atoms with E-state index in [9.17, 15) is 14.4 Å². The van der Waals surface area contributed by atoms with E-state index < -0.39 is 23.8 Å². The van der Waals surface area contributed by atoms with Gasteiger partial charge < -0.3 is 20.3 Å². The van der Waals surface area contributed by atoms with E-state index >= 15 is 0 Å². The lowest BCUT2D eigenvalue weighted by molar-refractivity contribution is -0.143. The average molecular weight is 500 g/mol. The molecule has 0 saturated heterocycles. The summed E-state index contributed by atoms with van der Waals surface area (Å²) in [4.78, 5) is 42.0. The highest BCUT2D eigenvalue weighted by atomic mass is 16.6. The quantitative estimate of drug-likeness (QED) is 0.387. The van der Waals surface area contributed by atoms with Gasteiger partial charge in [0.15, 0.2) is 0 Å². The van der Waals surface area contributed by atoms with E-state index in [-0.39, 0.29) is 23.8 Å². The average Bonchev–Trinajstić information content (AvgIpc) is 2.80. The molecule has 0 aliphatic rings. The van der Waals surface area contributed by atoms with E-state index in [0.29, 0.717) is 30.5 Å². The van der Waals surface area contributed by atoms with Crippen LogP contribution in [0.5, 0.6) is 0 Å². The summed E-state index contributed by atoms with van der Waals surface area (Å²) in [6, 6.07) is 5.32. The van der Waals surface area contributed by atoms with Gasteiger partial charge in [-0.1, -0.05) is 64.7 Å². The van der Waals surface area contributed by atoms with Gasteiger partial charge in [0.25, 0.3) is 0 Å². The highest BCUT2D eigenvalue weighted by Crippen LogP contribution is 2.27. The molecule has 1 rings (SSSR count). The molecule has 7 nitrogen and oxygen atoms in total. The van der Waals surface area contributed by atoms with Gasteiger partial charge >= 0.3 is 6.09 Å². The molecule has 0 aliphatic carbocycles. The molecule has 0 bridgehead atoms. The molecule has 0 saturated carbocycles. The first-order valence-corrected chi connectivity index (χ1v) is 13.1. The Labute approximate surface area is 217 Å². The van der Waals surface area contributed by atoms with E-state index in [4.69, 9.17) is 11.2 Å². The van der Waals surface area contributed by atoms with Crippen LogP contribution in [0.15, 0.2) is 24.3 Å². The zero-order valence-corrected chi connectivity index (χ0v) is 23.3. The fraction of sp³-hybridized carbons (Fsp3) is 0.621. The predicted molar refractivity (Wildman–Crippen MR) is 144 cm³/mol. The second-order valence-corrected chi connectivity index (χ2v) is 10.4. The Hall–Kier alpha value is -3.01. The van der Waals surface area contributed by atoms with Gasteiger partial charge in [-0.15, -0.1) is 6.42 Å². The van der Waals surface area contributed by atoms with Crippen molar-refractivity contribution in [1.29, 1.82) is 0 Å². The molecule has 36 heavy (non-hydrogen) atoms. The summed E-state index contributed by atoms with van der Waals surface area (Å²) in [7, 11) is 0. The molecule has 4 atom stereocenters. The number of nitrogens with one attached hydrogen (secondary N) is 2. The Morgan fingerprint density at radius 1 is 1.06 bits per heavy atom. The van der Waals surface area contributed by atoms with Crippen molar-refractivity contribution < 1.29 is 19.1 Å². The lowest BCUT2D eigenvalue weighted by atomic mass is 9.94. The highest BCUT2D eigenvalue weighted by molar-refractivity contribution is 5.92. The molecule has 0 spiro atoms. The molecular weight excluding hydrogens is 454 g/mol. The molecule has 7 heteroatoms. The molecular formula is C29H45N3O4. The number of ether oxygens (including phenoxy) is 1.